The average Bonchev–Trinajstić information content (AvgIpc) is 2.19. The molecule has 0 saturated carbocycles. The molecule has 0 aliphatic heterocycles. The number of alkyl carbamates (subject to hydrolysis) is 1. The van der Waals surface area contributed by atoms with Crippen LogP contribution in [0.15, 0.2) is 0 Å². The van der Waals surface area contributed by atoms with Crippen LogP contribution in [-0.4, -0.2) is 30.5 Å². The molecule has 4 nitrogen and oxygen atoms in total. The summed E-state index contributed by atoms with van der Waals surface area (Å²) in [7, 11) is 1.31. The van der Waals surface area contributed by atoms with Crippen LogP contribution < -0.4 is 5.32 Å². The molecular weight excluding hydrogens is 218 g/mol. The van der Waals surface area contributed by atoms with E-state index >= 15 is 0 Å². The van der Waals surface area contributed by atoms with Gasteiger partial charge in [-0.15, -0.1) is 0 Å². The van der Waals surface area contributed by atoms with Gasteiger partial charge >= 0.3 is 6.09 Å². The number of hydrogen-bond donors (Lipinski definition) is 2. The first kappa shape index (κ1) is 21.5. The van der Waals surface area contributed by atoms with Gasteiger partial charge in [-0.05, 0) is 26.2 Å². The summed E-state index contributed by atoms with van der Waals surface area (Å²) in [6.07, 6.45) is 0.0469. The molecule has 0 aliphatic carbocycles. The largest absolute Gasteiger partial charge is 0.453 e. The van der Waals surface area contributed by atoms with Crippen molar-refractivity contribution in [2.75, 3.05) is 13.7 Å². The van der Waals surface area contributed by atoms with Gasteiger partial charge < -0.3 is 15.2 Å². The molecule has 0 aromatic heterocycles. The highest BCUT2D eigenvalue weighted by molar-refractivity contribution is 5.67. The number of nitrogens with one attached hydrogen (secondary N) is 1. The van der Waals surface area contributed by atoms with Crippen LogP contribution in [0.4, 0.5) is 4.79 Å². The maximum absolute atomic E-state index is 10.7. The molecule has 0 aromatic rings. The SMILES string of the molecule is CC.CC(C)C.COC(=O)NC(C)(C)CCO. The highest BCUT2D eigenvalue weighted by Gasteiger charge is 2.19. The smallest absolute Gasteiger partial charge is 0.407 e. The molecule has 17 heavy (non-hydrogen) atoms. The topological polar surface area (TPSA) is 58.6 Å². The molecule has 0 unspecified atom stereocenters. The standard InChI is InChI=1S/C7H15NO3.C4H10.C2H6/c1-7(2,4-5-9)8-6(10)11-3;1-4(2)3;1-2/h9H,4-5H2,1-3H3,(H,8,10);4H,1-3H3;1-2H3. The van der Waals surface area contributed by atoms with E-state index in [1.807, 2.05) is 27.7 Å². The van der Waals surface area contributed by atoms with Crippen molar-refractivity contribution in [3.8, 4) is 0 Å². The monoisotopic (exact) mass is 249 g/mol. The number of carbonyl (C=O) groups excluding carboxylic acids is 1. The lowest BCUT2D eigenvalue weighted by molar-refractivity contribution is 0.152. The van der Waals surface area contributed by atoms with E-state index in [0.29, 0.717) is 6.42 Å². The number of methoxy groups -OCH3 is 1. The van der Waals surface area contributed by atoms with Crippen LogP contribution in [0, 0.1) is 5.92 Å². The van der Waals surface area contributed by atoms with Crippen molar-refractivity contribution < 1.29 is 14.6 Å². The quantitative estimate of drug-likeness (QED) is 0.807. The maximum Gasteiger partial charge on any atom is 0.407 e. The molecule has 0 saturated heterocycles. The Balaban J connectivity index is -0.000000275. The molecule has 106 valence electrons. The van der Waals surface area contributed by atoms with Crippen molar-refractivity contribution in [1.82, 2.24) is 5.32 Å². The summed E-state index contributed by atoms with van der Waals surface area (Å²) >= 11 is 0. The Morgan fingerprint density at radius 2 is 1.65 bits per heavy atom. The first-order valence-electron chi connectivity index (χ1n) is 6.22. The van der Waals surface area contributed by atoms with E-state index < -0.39 is 11.6 Å². The van der Waals surface area contributed by atoms with Gasteiger partial charge in [0, 0.05) is 12.1 Å². The van der Waals surface area contributed by atoms with E-state index in [4.69, 9.17) is 5.11 Å². The highest BCUT2D eigenvalue weighted by atomic mass is 16.5. The molecule has 0 bridgehead atoms. The molecule has 1 amide bonds. The zero-order chi connectivity index (χ0) is 14.5. The first-order valence-corrected chi connectivity index (χ1v) is 6.22. The Kier molecular flexibility index (Phi) is 16.8. The second kappa shape index (κ2) is 13.3. The highest BCUT2D eigenvalue weighted by Crippen LogP contribution is 2.06. The molecule has 4 heteroatoms. The maximum atomic E-state index is 10.7. The van der Waals surface area contributed by atoms with Crippen molar-refractivity contribution in [2.45, 2.75) is 60.4 Å². The van der Waals surface area contributed by atoms with E-state index in [9.17, 15) is 4.79 Å². The summed E-state index contributed by atoms with van der Waals surface area (Å²) in [5.74, 6) is 0.833. The lowest BCUT2D eigenvalue weighted by Gasteiger charge is -2.23. The third-order valence-corrected chi connectivity index (χ3v) is 1.36. The fourth-order valence-electron chi connectivity index (χ4n) is 0.669. The summed E-state index contributed by atoms with van der Waals surface area (Å²) in [4.78, 5) is 10.7. The predicted octanol–water partition coefficient (Wildman–Crippen LogP) is 3.19. The molecule has 0 spiro atoms. The van der Waals surface area contributed by atoms with Crippen LogP contribution in [0.25, 0.3) is 0 Å². The molecule has 0 rings (SSSR count). The van der Waals surface area contributed by atoms with Gasteiger partial charge in [0.1, 0.15) is 0 Å². The summed E-state index contributed by atoms with van der Waals surface area (Å²) in [6, 6.07) is 0. The number of aliphatic hydroxyl groups excluding tert-OH is 1. The van der Waals surface area contributed by atoms with Crippen molar-refractivity contribution >= 4 is 6.09 Å². The minimum Gasteiger partial charge on any atom is -0.453 e. The molecule has 0 radical (unpaired) electrons. The Morgan fingerprint density at radius 1 is 1.29 bits per heavy atom. The number of rotatable bonds is 3. The third-order valence-electron chi connectivity index (χ3n) is 1.36. The van der Waals surface area contributed by atoms with Gasteiger partial charge in [0.15, 0.2) is 0 Å². The van der Waals surface area contributed by atoms with Gasteiger partial charge in [0.2, 0.25) is 0 Å². The normalized spacial score (nSPS) is 9.53. The predicted molar refractivity (Wildman–Crippen MR) is 73.2 cm³/mol. The first-order chi connectivity index (χ1) is 7.75. The van der Waals surface area contributed by atoms with Crippen molar-refractivity contribution in [3.63, 3.8) is 0 Å². The summed E-state index contributed by atoms with van der Waals surface area (Å²) in [5.41, 5.74) is -0.401. The van der Waals surface area contributed by atoms with Gasteiger partial charge in [0.05, 0.1) is 7.11 Å². The average molecular weight is 249 g/mol. The van der Waals surface area contributed by atoms with Crippen LogP contribution in [0.5, 0.6) is 0 Å². The van der Waals surface area contributed by atoms with Gasteiger partial charge in [0.25, 0.3) is 0 Å². The van der Waals surface area contributed by atoms with Gasteiger partial charge in [-0.3, -0.25) is 0 Å². The van der Waals surface area contributed by atoms with E-state index in [1.54, 1.807) is 0 Å². The third kappa shape index (κ3) is 25.5. The van der Waals surface area contributed by atoms with Crippen LogP contribution in [0.1, 0.15) is 54.9 Å². The summed E-state index contributed by atoms with van der Waals surface area (Å²) in [6.45, 7) is 14.2. The van der Waals surface area contributed by atoms with Crippen LogP contribution in [-0.2, 0) is 4.74 Å². The zero-order valence-electron chi connectivity index (χ0n) is 12.8. The molecule has 0 heterocycles. The van der Waals surface area contributed by atoms with Crippen molar-refractivity contribution in [2.24, 2.45) is 5.92 Å². The van der Waals surface area contributed by atoms with Gasteiger partial charge in [-0.1, -0.05) is 34.6 Å². The Labute approximate surface area is 107 Å². The van der Waals surface area contributed by atoms with Crippen LogP contribution in [0.3, 0.4) is 0 Å². The minimum atomic E-state index is -0.469. The molecular formula is C13H31NO3. The second-order valence-corrected chi connectivity index (χ2v) is 4.71. The molecule has 0 atom stereocenters. The molecule has 0 aliphatic rings. The minimum absolute atomic E-state index is 0.0526. The lowest BCUT2D eigenvalue weighted by atomic mass is 10.0. The van der Waals surface area contributed by atoms with E-state index in [0.717, 1.165) is 5.92 Å². The molecule has 0 fully saturated rings. The van der Waals surface area contributed by atoms with E-state index in [-0.39, 0.29) is 6.61 Å². The van der Waals surface area contributed by atoms with Gasteiger partial charge in [-0.25, -0.2) is 4.79 Å². The number of aliphatic hydroxyl groups is 1. The van der Waals surface area contributed by atoms with Crippen LogP contribution >= 0.6 is 0 Å². The van der Waals surface area contributed by atoms with Crippen molar-refractivity contribution in [1.29, 1.82) is 0 Å². The number of amides is 1. The number of carbonyl (C=O) groups is 1. The van der Waals surface area contributed by atoms with Gasteiger partial charge in [-0.2, -0.15) is 0 Å². The Bertz CT molecular complexity index is 165. The zero-order valence-corrected chi connectivity index (χ0v) is 12.8. The fourth-order valence-corrected chi connectivity index (χ4v) is 0.669. The number of ether oxygens (including phenoxy) is 1. The fraction of sp³-hybridized carbons (Fsp3) is 0.923. The summed E-state index contributed by atoms with van der Waals surface area (Å²) in [5, 5.41) is 11.2. The second-order valence-electron chi connectivity index (χ2n) is 4.71. The van der Waals surface area contributed by atoms with Crippen LogP contribution in [0.2, 0.25) is 0 Å². The number of hydrogen-bond acceptors (Lipinski definition) is 3. The van der Waals surface area contributed by atoms with Crippen molar-refractivity contribution in [3.05, 3.63) is 0 Å². The lowest BCUT2D eigenvalue weighted by Crippen LogP contribution is -2.43. The molecule has 0 aromatic carbocycles. The Morgan fingerprint density at radius 3 is 1.88 bits per heavy atom. The Hall–Kier alpha value is -0.770. The van der Waals surface area contributed by atoms with E-state index in [1.165, 1.54) is 7.11 Å². The molecule has 2 N–H and O–H groups in total. The summed E-state index contributed by atoms with van der Waals surface area (Å²) < 4.78 is 4.40. The van der Waals surface area contributed by atoms with E-state index in [2.05, 4.69) is 30.8 Å².